The molecule has 2 aromatic heterocycles. The first-order valence-corrected chi connectivity index (χ1v) is 15.2. The molecule has 0 saturated carbocycles. The molecule has 4 aliphatic heterocycles. The van der Waals surface area contributed by atoms with Crippen molar-refractivity contribution >= 4 is 39.2 Å². The predicted molar refractivity (Wildman–Crippen MR) is 155 cm³/mol. The van der Waals surface area contributed by atoms with Gasteiger partial charge in [0.15, 0.2) is 5.82 Å². The molecule has 14 heteroatoms. The maximum absolute atomic E-state index is 16.8. The smallest absolute Gasteiger partial charge is 0.417 e. The Morgan fingerprint density at radius 2 is 1.86 bits per heavy atom. The van der Waals surface area contributed by atoms with E-state index in [9.17, 15) is 17.6 Å². The Hall–Kier alpha value is -3.29. The molecule has 232 valence electrons. The average Bonchev–Trinajstić information content (AvgIpc) is 3.74. The van der Waals surface area contributed by atoms with Crippen molar-refractivity contribution in [2.75, 3.05) is 37.7 Å². The van der Waals surface area contributed by atoms with E-state index >= 15 is 4.39 Å². The molecule has 4 saturated heterocycles. The molecule has 44 heavy (non-hydrogen) atoms. The van der Waals surface area contributed by atoms with Crippen LogP contribution in [-0.2, 0) is 6.18 Å². The van der Waals surface area contributed by atoms with Crippen molar-refractivity contribution in [2.45, 2.75) is 62.1 Å². The standard InChI is InChI=1S/C30H29ClF5N7O/c31-21-8-18-26(25(33)24(21)23-19-10-37-41-22(19)5-4-20(23)30(34,35)36)39-28(40-27(18)42-12-16-2-3-17(13-42)38-16)44-14-29-6-1-7-43(29)11-15(32)9-29/h4-5,8,10,15-17,38H,1-3,6-7,9,11-14H2,(H,37,41)/t15-,16?,17?,29+/m1/s1. The van der Waals surface area contributed by atoms with Gasteiger partial charge in [-0.05, 0) is 50.4 Å². The van der Waals surface area contributed by atoms with Crippen molar-refractivity contribution in [3.05, 3.63) is 40.8 Å². The lowest BCUT2D eigenvalue weighted by Gasteiger charge is -2.34. The highest BCUT2D eigenvalue weighted by atomic mass is 35.5. The molecule has 8 nitrogen and oxygen atoms in total. The van der Waals surface area contributed by atoms with Gasteiger partial charge in [0.2, 0.25) is 0 Å². The topological polar surface area (TPSA) is 82.2 Å². The summed E-state index contributed by atoms with van der Waals surface area (Å²) in [7, 11) is 0. The van der Waals surface area contributed by atoms with Gasteiger partial charge in [-0.1, -0.05) is 11.6 Å². The number of hydrogen-bond donors (Lipinski definition) is 2. The van der Waals surface area contributed by atoms with Crippen LogP contribution in [-0.4, -0.2) is 81.6 Å². The molecule has 2 unspecified atom stereocenters. The summed E-state index contributed by atoms with van der Waals surface area (Å²) in [6.45, 7) is 2.45. The summed E-state index contributed by atoms with van der Waals surface area (Å²) in [5, 5.41) is 10.3. The number of nitrogens with zero attached hydrogens (tertiary/aromatic N) is 5. The second-order valence-corrected chi connectivity index (χ2v) is 12.9. The number of rotatable bonds is 5. The number of aromatic amines is 1. The Balaban J connectivity index is 1.30. The van der Waals surface area contributed by atoms with Crippen LogP contribution >= 0.6 is 11.6 Å². The van der Waals surface area contributed by atoms with Crippen molar-refractivity contribution < 1.29 is 26.7 Å². The highest BCUT2D eigenvalue weighted by Gasteiger charge is 2.49. The van der Waals surface area contributed by atoms with Crippen molar-refractivity contribution in [2.24, 2.45) is 0 Å². The molecule has 0 spiro atoms. The largest absolute Gasteiger partial charge is 0.461 e. The average molecular weight is 634 g/mol. The fourth-order valence-electron chi connectivity index (χ4n) is 7.84. The molecule has 0 aliphatic carbocycles. The maximum atomic E-state index is 16.8. The number of aromatic nitrogens is 4. The molecule has 2 N–H and O–H groups in total. The van der Waals surface area contributed by atoms with Crippen LogP contribution in [0.15, 0.2) is 24.4 Å². The van der Waals surface area contributed by atoms with E-state index in [2.05, 4.69) is 25.4 Å². The van der Waals surface area contributed by atoms with E-state index in [4.69, 9.17) is 21.3 Å². The van der Waals surface area contributed by atoms with E-state index in [1.165, 1.54) is 18.3 Å². The summed E-state index contributed by atoms with van der Waals surface area (Å²) in [5.41, 5.74) is -2.27. The lowest BCUT2D eigenvalue weighted by molar-refractivity contribution is -0.137. The minimum Gasteiger partial charge on any atom is -0.461 e. The van der Waals surface area contributed by atoms with Crippen LogP contribution in [0.1, 0.15) is 37.7 Å². The molecule has 0 radical (unpaired) electrons. The quantitative estimate of drug-likeness (QED) is 0.266. The van der Waals surface area contributed by atoms with Crippen LogP contribution in [0.25, 0.3) is 32.9 Å². The highest BCUT2D eigenvalue weighted by Crippen LogP contribution is 2.47. The Morgan fingerprint density at radius 1 is 1.07 bits per heavy atom. The van der Waals surface area contributed by atoms with E-state index in [1.54, 1.807) is 0 Å². The van der Waals surface area contributed by atoms with Crippen LogP contribution in [0.4, 0.5) is 27.8 Å². The summed E-state index contributed by atoms with van der Waals surface area (Å²) >= 11 is 6.68. The van der Waals surface area contributed by atoms with E-state index in [-0.39, 0.29) is 46.0 Å². The Morgan fingerprint density at radius 3 is 2.64 bits per heavy atom. The van der Waals surface area contributed by atoms with Gasteiger partial charge in [-0.15, -0.1) is 0 Å². The predicted octanol–water partition coefficient (Wildman–Crippen LogP) is 5.88. The molecule has 4 fully saturated rings. The molecular weight excluding hydrogens is 605 g/mol. The summed E-state index contributed by atoms with van der Waals surface area (Å²) in [6.07, 6.45) is -0.536. The first kappa shape index (κ1) is 28.2. The summed E-state index contributed by atoms with van der Waals surface area (Å²) < 4.78 is 80.3. The second kappa shape index (κ2) is 10.1. The number of fused-ring (bicyclic) bond motifs is 5. The third-order valence-electron chi connectivity index (χ3n) is 9.77. The highest BCUT2D eigenvalue weighted by molar-refractivity contribution is 6.35. The van der Waals surface area contributed by atoms with Crippen LogP contribution in [0.5, 0.6) is 6.01 Å². The van der Waals surface area contributed by atoms with Crippen molar-refractivity contribution in [1.29, 1.82) is 0 Å². The van der Waals surface area contributed by atoms with Gasteiger partial charge in [0.05, 0.1) is 27.8 Å². The molecule has 4 atom stereocenters. The van der Waals surface area contributed by atoms with Crippen molar-refractivity contribution in [1.82, 2.24) is 30.4 Å². The van der Waals surface area contributed by atoms with E-state index in [1.807, 2.05) is 4.90 Å². The van der Waals surface area contributed by atoms with Gasteiger partial charge in [0.25, 0.3) is 0 Å². The molecule has 4 aromatic rings. The van der Waals surface area contributed by atoms with Gasteiger partial charge in [0, 0.05) is 60.0 Å². The number of alkyl halides is 4. The third kappa shape index (κ3) is 4.49. The van der Waals surface area contributed by atoms with Gasteiger partial charge in [0.1, 0.15) is 24.1 Å². The number of anilines is 1. The minimum absolute atomic E-state index is 0.0758. The summed E-state index contributed by atoms with van der Waals surface area (Å²) in [6, 6.07) is 3.93. The second-order valence-electron chi connectivity index (χ2n) is 12.5. The molecule has 2 aromatic carbocycles. The fraction of sp³-hybridized carbons (Fsp3) is 0.500. The number of hydrogen-bond acceptors (Lipinski definition) is 7. The van der Waals surface area contributed by atoms with Gasteiger partial charge < -0.3 is 15.0 Å². The zero-order chi connectivity index (χ0) is 30.4. The van der Waals surface area contributed by atoms with Crippen molar-refractivity contribution in [3.63, 3.8) is 0 Å². The normalized spacial score (nSPS) is 27.1. The number of nitrogens with one attached hydrogen (secondary N) is 2. The SMILES string of the molecule is Fc1c(-c2c(C(F)(F)F)ccc3[nH]ncc23)c(Cl)cc2c(N3CC4CCC(C3)N4)nc(OC[C@@]34CCCN3C[C@H](F)C4)nc12. The monoisotopic (exact) mass is 633 g/mol. The maximum Gasteiger partial charge on any atom is 0.417 e. The number of ether oxygens (including phenoxy) is 1. The molecule has 8 rings (SSSR count). The zero-order valence-corrected chi connectivity index (χ0v) is 24.3. The molecular formula is C30H29ClF5N7O. The Kier molecular flexibility index (Phi) is 6.48. The molecule has 4 aliphatic rings. The van der Waals surface area contributed by atoms with Gasteiger partial charge >= 0.3 is 12.2 Å². The van der Waals surface area contributed by atoms with E-state index < -0.39 is 40.4 Å². The number of halogens is 6. The van der Waals surface area contributed by atoms with Crippen LogP contribution in [0.2, 0.25) is 5.02 Å². The zero-order valence-electron chi connectivity index (χ0n) is 23.5. The first-order chi connectivity index (χ1) is 21.1. The van der Waals surface area contributed by atoms with Gasteiger partial charge in [-0.25, -0.2) is 8.78 Å². The third-order valence-corrected chi connectivity index (χ3v) is 10.1. The summed E-state index contributed by atoms with van der Waals surface area (Å²) in [5.74, 6) is -0.604. The first-order valence-electron chi connectivity index (χ1n) is 14.9. The van der Waals surface area contributed by atoms with Crippen molar-refractivity contribution in [3.8, 4) is 17.1 Å². The Labute approximate surface area is 253 Å². The molecule has 0 amide bonds. The number of piperazine rings is 1. The van der Waals surface area contributed by atoms with Crippen LogP contribution in [0.3, 0.4) is 0 Å². The Bertz CT molecular complexity index is 1770. The van der Waals surface area contributed by atoms with Gasteiger partial charge in [-0.3, -0.25) is 10.00 Å². The summed E-state index contributed by atoms with van der Waals surface area (Å²) in [4.78, 5) is 13.3. The number of benzene rings is 2. The molecule has 2 bridgehead atoms. The van der Waals surface area contributed by atoms with Crippen LogP contribution in [0, 0.1) is 5.82 Å². The van der Waals surface area contributed by atoms with Crippen LogP contribution < -0.4 is 15.0 Å². The minimum atomic E-state index is -4.79. The number of H-pyrrole nitrogens is 1. The lowest BCUT2D eigenvalue weighted by atomic mass is 9.94. The van der Waals surface area contributed by atoms with Gasteiger partial charge in [-0.2, -0.15) is 28.2 Å². The van der Waals surface area contributed by atoms with E-state index in [0.717, 1.165) is 38.3 Å². The molecule has 6 heterocycles. The fourth-order valence-corrected chi connectivity index (χ4v) is 8.12. The van der Waals surface area contributed by atoms with E-state index in [0.29, 0.717) is 37.4 Å². The lowest BCUT2D eigenvalue weighted by Crippen LogP contribution is -2.51.